The minimum Gasteiger partial charge on any atom is -0.490 e. The number of aryl methyl sites for hydroxylation is 1. The molecule has 2 aliphatic rings. The van der Waals surface area contributed by atoms with Crippen molar-refractivity contribution in [1.29, 1.82) is 0 Å². The lowest BCUT2D eigenvalue weighted by Gasteiger charge is -2.26. The Kier molecular flexibility index (Phi) is 4.70. The third kappa shape index (κ3) is 3.15. The van der Waals surface area contributed by atoms with Gasteiger partial charge in [0, 0.05) is 12.8 Å². The van der Waals surface area contributed by atoms with Crippen molar-refractivity contribution < 1.29 is 9.47 Å². The summed E-state index contributed by atoms with van der Waals surface area (Å²) in [6.45, 7) is 2.21. The quantitative estimate of drug-likeness (QED) is 0.565. The fraction of sp³-hybridized carbons (Fsp3) is 0.429. The van der Waals surface area contributed by atoms with Crippen LogP contribution in [0, 0.1) is 3.57 Å². The van der Waals surface area contributed by atoms with Crippen molar-refractivity contribution in [3.8, 4) is 11.5 Å². The van der Waals surface area contributed by atoms with E-state index in [9.17, 15) is 0 Å². The zero-order valence-corrected chi connectivity index (χ0v) is 16.2. The van der Waals surface area contributed by atoms with Crippen LogP contribution in [0.15, 0.2) is 36.4 Å². The Balaban J connectivity index is 1.81. The predicted octanol–water partition coefficient (Wildman–Crippen LogP) is 5.33. The Bertz CT molecular complexity index is 741. The molecule has 0 saturated carbocycles. The van der Waals surface area contributed by atoms with Gasteiger partial charge >= 0.3 is 0 Å². The number of benzene rings is 2. The van der Waals surface area contributed by atoms with Crippen LogP contribution in [-0.4, -0.2) is 12.2 Å². The molecule has 0 aromatic heterocycles. The summed E-state index contributed by atoms with van der Waals surface area (Å²) in [5, 5.41) is 0. The van der Waals surface area contributed by atoms with Crippen LogP contribution in [0.3, 0.4) is 0 Å². The van der Waals surface area contributed by atoms with Crippen molar-refractivity contribution in [3.05, 3.63) is 56.7 Å². The molecular formula is C21H23IO2. The molecule has 0 fully saturated rings. The number of halogens is 1. The molecule has 0 aliphatic carbocycles. The van der Waals surface area contributed by atoms with Crippen LogP contribution in [0.5, 0.6) is 11.5 Å². The molecule has 2 atom stereocenters. The van der Waals surface area contributed by atoms with E-state index in [4.69, 9.17) is 9.47 Å². The van der Waals surface area contributed by atoms with Gasteiger partial charge in [-0.05, 0) is 71.0 Å². The van der Waals surface area contributed by atoms with Crippen molar-refractivity contribution in [2.24, 2.45) is 0 Å². The van der Waals surface area contributed by atoms with Gasteiger partial charge in [0.2, 0.25) is 0 Å². The van der Waals surface area contributed by atoms with Crippen LogP contribution >= 0.6 is 22.6 Å². The first-order valence-electron chi connectivity index (χ1n) is 8.96. The van der Waals surface area contributed by atoms with E-state index in [0.29, 0.717) is 0 Å². The van der Waals surface area contributed by atoms with Gasteiger partial charge in [0.15, 0.2) is 0 Å². The summed E-state index contributed by atoms with van der Waals surface area (Å²) in [5.74, 6) is 2.20. The highest BCUT2D eigenvalue weighted by molar-refractivity contribution is 14.1. The molecule has 2 nitrogen and oxygen atoms in total. The molecule has 3 heteroatoms. The molecule has 2 aromatic carbocycles. The van der Waals surface area contributed by atoms with Crippen LogP contribution in [0.1, 0.15) is 42.9 Å². The van der Waals surface area contributed by atoms with E-state index < -0.39 is 0 Å². The van der Waals surface area contributed by atoms with E-state index in [0.717, 1.165) is 50.0 Å². The molecule has 126 valence electrons. The van der Waals surface area contributed by atoms with Gasteiger partial charge in [-0.2, -0.15) is 0 Å². The van der Waals surface area contributed by atoms with E-state index in [2.05, 4.69) is 65.9 Å². The Hall–Kier alpha value is -1.23. The average Bonchev–Trinajstić information content (AvgIpc) is 2.72. The number of fused-ring (bicyclic) bond motifs is 6. The van der Waals surface area contributed by atoms with Crippen molar-refractivity contribution in [2.45, 2.75) is 57.7 Å². The first kappa shape index (κ1) is 16.2. The third-order valence-corrected chi connectivity index (χ3v) is 5.97. The molecule has 2 bridgehead atoms. The van der Waals surface area contributed by atoms with E-state index in [1.807, 2.05) is 0 Å². The molecule has 4 rings (SSSR count). The summed E-state index contributed by atoms with van der Waals surface area (Å²) in [6.07, 6.45) is 6.68. The predicted molar refractivity (Wildman–Crippen MR) is 105 cm³/mol. The smallest absolute Gasteiger partial charge is 0.136 e. The molecule has 0 N–H and O–H groups in total. The molecule has 2 aliphatic heterocycles. The van der Waals surface area contributed by atoms with Gasteiger partial charge < -0.3 is 9.47 Å². The second-order valence-corrected chi connectivity index (χ2v) is 7.97. The largest absolute Gasteiger partial charge is 0.490 e. The Morgan fingerprint density at radius 3 is 2.25 bits per heavy atom. The number of rotatable bonds is 1. The van der Waals surface area contributed by atoms with Crippen LogP contribution in [-0.2, 0) is 19.3 Å². The minimum absolute atomic E-state index is 0.228. The summed E-state index contributed by atoms with van der Waals surface area (Å²) < 4.78 is 14.3. The lowest BCUT2D eigenvalue weighted by atomic mass is 9.99. The molecule has 2 unspecified atom stereocenters. The minimum atomic E-state index is 0.228. The van der Waals surface area contributed by atoms with Gasteiger partial charge in [-0.1, -0.05) is 37.3 Å². The molecule has 0 spiro atoms. The summed E-state index contributed by atoms with van der Waals surface area (Å²) in [5.41, 5.74) is 3.92. The first-order chi connectivity index (χ1) is 11.7. The van der Waals surface area contributed by atoms with E-state index >= 15 is 0 Å². The standard InChI is InChI=1S/C21H23IO2/c1-2-14-6-3-7-15-12-18-10-5-9-17(23-20(14)15)13-16-8-4-11-19(22)21(16)24-18/h3-4,6-8,11,17-18H,2,5,9-10,12-13H2,1H3. The maximum atomic E-state index is 6.60. The molecule has 0 radical (unpaired) electrons. The highest BCUT2D eigenvalue weighted by Gasteiger charge is 2.27. The fourth-order valence-electron chi connectivity index (χ4n) is 3.88. The average molecular weight is 434 g/mol. The fourth-order valence-corrected chi connectivity index (χ4v) is 4.56. The van der Waals surface area contributed by atoms with Crippen LogP contribution in [0.4, 0.5) is 0 Å². The topological polar surface area (TPSA) is 18.5 Å². The number of ether oxygens (including phenoxy) is 2. The van der Waals surface area contributed by atoms with Gasteiger partial charge in [0.1, 0.15) is 23.7 Å². The zero-order chi connectivity index (χ0) is 16.5. The molecule has 0 saturated heterocycles. The number of para-hydroxylation sites is 2. The Morgan fingerprint density at radius 1 is 0.917 bits per heavy atom. The van der Waals surface area contributed by atoms with E-state index in [-0.39, 0.29) is 12.2 Å². The third-order valence-electron chi connectivity index (χ3n) is 5.12. The van der Waals surface area contributed by atoms with Crippen molar-refractivity contribution >= 4 is 22.6 Å². The summed E-state index contributed by atoms with van der Waals surface area (Å²) in [6, 6.07) is 13.0. The molecule has 2 aromatic rings. The van der Waals surface area contributed by atoms with Crippen molar-refractivity contribution in [1.82, 2.24) is 0 Å². The number of hydrogen-bond donors (Lipinski definition) is 0. The van der Waals surface area contributed by atoms with Crippen molar-refractivity contribution in [3.63, 3.8) is 0 Å². The lowest BCUT2D eigenvalue weighted by molar-refractivity contribution is 0.186. The monoisotopic (exact) mass is 434 g/mol. The molecule has 24 heavy (non-hydrogen) atoms. The maximum Gasteiger partial charge on any atom is 0.136 e. The van der Waals surface area contributed by atoms with Gasteiger partial charge in [-0.3, -0.25) is 0 Å². The SMILES string of the molecule is CCc1cccc2c1OC1CCCC(C2)Oc2c(I)cccc2C1. The molecule has 2 heterocycles. The zero-order valence-electron chi connectivity index (χ0n) is 14.1. The van der Waals surface area contributed by atoms with Gasteiger partial charge in [0.25, 0.3) is 0 Å². The van der Waals surface area contributed by atoms with Gasteiger partial charge in [0.05, 0.1) is 3.57 Å². The normalized spacial score (nSPS) is 22.6. The number of hydrogen-bond acceptors (Lipinski definition) is 2. The maximum absolute atomic E-state index is 6.60. The highest BCUT2D eigenvalue weighted by Crippen LogP contribution is 2.36. The first-order valence-corrected chi connectivity index (χ1v) is 10.0. The van der Waals surface area contributed by atoms with Crippen molar-refractivity contribution in [2.75, 3.05) is 0 Å². The van der Waals surface area contributed by atoms with E-state index in [1.165, 1.54) is 20.3 Å². The van der Waals surface area contributed by atoms with Crippen LogP contribution < -0.4 is 9.47 Å². The molecule has 0 amide bonds. The molecular weight excluding hydrogens is 411 g/mol. The Labute approximate surface area is 157 Å². The van der Waals surface area contributed by atoms with E-state index in [1.54, 1.807) is 0 Å². The summed E-state index contributed by atoms with van der Waals surface area (Å²) in [7, 11) is 0. The van der Waals surface area contributed by atoms with Crippen LogP contribution in [0.25, 0.3) is 0 Å². The van der Waals surface area contributed by atoms with Crippen LogP contribution in [0.2, 0.25) is 0 Å². The van der Waals surface area contributed by atoms with Gasteiger partial charge in [-0.15, -0.1) is 0 Å². The second kappa shape index (κ2) is 6.95. The Morgan fingerprint density at radius 2 is 1.54 bits per heavy atom. The second-order valence-electron chi connectivity index (χ2n) is 6.81. The lowest BCUT2D eigenvalue weighted by Crippen LogP contribution is -2.23. The highest BCUT2D eigenvalue weighted by atomic mass is 127. The van der Waals surface area contributed by atoms with Gasteiger partial charge in [-0.25, -0.2) is 0 Å². The summed E-state index contributed by atoms with van der Waals surface area (Å²) in [4.78, 5) is 0. The summed E-state index contributed by atoms with van der Waals surface area (Å²) >= 11 is 2.39.